The van der Waals surface area contributed by atoms with Crippen molar-refractivity contribution in [2.75, 3.05) is 5.32 Å². The van der Waals surface area contributed by atoms with Crippen molar-refractivity contribution in [1.82, 2.24) is 24.3 Å². The summed E-state index contributed by atoms with van der Waals surface area (Å²) in [5.74, 6) is 0.683. The van der Waals surface area contributed by atoms with Crippen molar-refractivity contribution in [3.05, 3.63) is 58.5 Å². The fourth-order valence-electron chi connectivity index (χ4n) is 3.15. The molecule has 0 spiro atoms. The predicted octanol–water partition coefficient (Wildman–Crippen LogP) is 5.19. The fourth-order valence-corrected chi connectivity index (χ4v) is 3.38. The molecule has 0 radical (unpaired) electrons. The van der Waals surface area contributed by atoms with Crippen LogP contribution in [0, 0.1) is 13.8 Å². The van der Waals surface area contributed by atoms with Crippen molar-refractivity contribution < 1.29 is 13.2 Å². The summed E-state index contributed by atoms with van der Waals surface area (Å²) in [4.78, 5) is 9.07. The van der Waals surface area contributed by atoms with E-state index in [-0.39, 0.29) is 10.7 Å². The maximum atomic E-state index is 13.2. The van der Waals surface area contributed by atoms with Crippen molar-refractivity contribution >= 4 is 34.1 Å². The highest BCUT2D eigenvalue weighted by molar-refractivity contribution is 6.31. The molecule has 29 heavy (non-hydrogen) atoms. The summed E-state index contributed by atoms with van der Waals surface area (Å²) in [7, 11) is 1.81. The zero-order valence-electron chi connectivity index (χ0n) is 15.7. The summed E-state index contributed by atoms with van der Waals surface area (Å²) < 4.78 is 43.0. The van der Waals surface area contributed by atoms with Gasteiger partial charge in [-0.15, -0.1) is 0 Å². The Morgan fingerprint density at radius 1 is 1.07 bits per heavy atom. The molecule has 3 heterocycles. The molecule has 4 aromatic rings. The van der Waals surface area contributed by atoms with E-state index in [1.54, 1.807) is 21.5 Å². The molecule has 10 heteroatoms. The van der Waals surface area contributed by atoms with Gasteiger partial charge in [0.05, 0.1) is 21.8 Å². The zero-order chi connectivity index (χ0) is 20.9. The van der Waals surface area contributed by atoms with Gasteiger partial charge in [0.15, 0.2) is 5.82 Å². The number of anilines is 2. The topological polar surface area (TPSA) is 60.6 Å². The second kappa shape index (κ2) is 6.77. The van der Waals surface area contributed by atoms with Crippen molar-refractivity contribution in [2.24, 2.45) is 7.05 Å². The smallest absolute Gasteiger partial charge is 0.346 e. The van der Waals surface area contributed by atoms with E-state index in [2.05, 4.69) is 20.4 Å². The van der Waals surface area contributed by atoms with Gasteiger partial charge in [-0.1, -0.05) is 11.6 Å². The lowest BCUT2D eigenvalue weighted by molar-refractivity contribution is -0.137. The zero-order valence-corrected chi connectivity index (χ0v) is 16.5. The van der Waals surface area contributed by atoms with Gasteiger partial charge in [0, 0.05) is 24.6 Å². The molecular formula is C19H16ClF3N6. The van der Waals surface area contributed by atoms with Gasteiger partial charge in [0.1, 0.15) is 5.52 Å². The minimum atomic E-state index is -4.56. The number of aromatic nitrogens is 5. The van der Waals surface area contributed by atoms with Crippen molar-refractivity contribution in [3.8, 4) is 5.95 Å². The number of alkyl halides is 3. The molecule has 0 aliphatic rings. The lowest BCUT2D eigenvalue weighted by atomic mass is 10.2. The summed E-state index contributed by atoms with van der Waals surface area (Å²) in [6.07, 6.45) is -2.76. The van der Waals surface area contributed by atoms with Crippen LogP contribution in [0.2, 0.25) is 5.02 Å². The Kier molecular flexibility index (Phi) is 4.49. The van der Waals surface area contributed by atoms with E-state index in [1.165, 1.54) is 12.1 Å². The Hall–Kier alpha value is -3.07. The van der Waals surface area contributed by atoms with E-state index >= 15 is 0 Å². The highest BCUT2D eigenvalue weighted by Gasteiger charge is 2.33. The molecule has 150 valence electrons. The standard InChI is InChI=1S/C19H16ClF3N6/c1-10-8-11(2)29(27-10)18-25-15-6-7-28(3)16(15)17(26-18)24-12-4-5-14(20)13(9-12)19(21,22)23/h4-9H,1-3H3,(H,24,25,26). The molecule has 0 saturated carbocycles. The van der Waals surface area contributed by atoms with Gasteiger partial charge in [-0.05, 0) is 44.2 Å². The van der Waals surface area contributed by atoms with Crippen molar-refractivity contribution in [1.29, 1.82) is 0 Å². The number of rotatable bonds is 3. The quantitative estimate of drug-likeness (QED) is 0.495. The van der Waals surface area contributed by atoms with Gasteiger partial charge in [-0.25, -0.2) is 9.67 Å². The van der Waals surface area contributed by atoms with Crippen molar-refractivity contribution in [2.45, 2.75) is 20.0 Å². The van der Waals surface area contributed by atoms with E-state index < -0.39 is 11.7 Å². The summed E-state index contributed by atoms with van der Waals surface area (Å²) in [6, 6.07) is 7.33. The highest BCUT2D eigenvalue weighted by atomic mass is 35.5. The monoisotopic (exact) mass is 420 g/mol. The number of benzene rings is 1. The number of nitrogens with one attached hydrogen (secondary N) is 1. The number of aryl methyl sites for hydroxylation is 3. The second-order valence-corrected chi connectivity index (χ2v) is 7.10. The van der Waals surface area contributed by atoms with Crippen LogP contribution in [-0.4, -0.2) is 24.3 Å². The molecule has 3 aromatic heterocycles. The molecule has 1 N–H and O–H groups in total. The van der Waals surface area contributed by atoms with Crippen LogP contribution >= 0.6 is 11.6 Å². The summed E-state index contributed by atoms with van der Waals surface area (Å²) in [5, 5.41) is 7.01. The average molecular weight is 421 g/mol. The summed E-state index contributed by atoms with van der Waals surface area (Å²) in [5.41, 5.74) is 2.23. The molecule has 0 unspecified atom stereocenters. The van der Waals surface area contributed by atoms with Gasteiger partial charge < -0.3 is 9.88 Å². The largest absolute Gasteiger partial charge is 0.417 e. The van der Waals surface area contributed by atoms with Gasteiger partial charge in [0.2, 0.25) is 0 Å². The van der Waals surface area contributed by atoms with E-state index in [0.29, 0.717) is 22.8 Å². The molecule has 0 atom stereocenters. The number of hydrogen-bond acceptors (Lipinski definition) is 4. The summed E-state index contributed by atoms with van der Waals surface area (Å²) >= 11 is 5.72. The first-order valence-corrected chi connectivity index (χ1v) is 9.02. The molecule has 0 fully saturated rings. The number of halogens is 4. The molecule has 6 nitrogen and oxygen atoms in total. The minimum Gasteiger partial charge on any atom is -0.346 e. The maximum Gasteiger partial charge on any atom is 0.417 e. The average Bonchev–Trinajstić information content (AvgIpc) is 3.17. The molecule has 0 amide bonds. The predicted molar refractivity (Wildman–Crippen MR) is 105 cm³/mol. The van der Waals surface area contributed by atoms with Crippen LogP contribution in [0.25, 0.3) is 17.0 Å². The Labute approximate surface area is 169 Å². The van der Waals surface area contributed by atoms with E-state index in [0.717, 1.165) is 17.5 Å². The Morgan fingerprint density at radius 2 is 1.83 bits per heavy atom. The Balaban J connectivity index is 1.85. The number of fused-ring (bicyclic) bond motifs is 1. The van der Waals surface area contributed by atoms with E-state index in [4.69, 9.17) is 11.6 Å². The van der Waals surface area contributed by atoms with E-state index in [9.17, 15) is 13.2 Å². The first-order chi connectivity index (χ1) is 13.6. The highest BCUT2D eigenvalue weighted by Crippen LogP contribution is 2.37. The van der Waals surface area contributed by atoms with Crippen LogP contribution in [0.3, 0.4) is 0 Å². The molecular weight excluding hydrogens is 405 g/mol. The molecule has 0 bridgehead atoms. The third kappa shape index (κ3) is 3.53. The summed E-state index contributed by atoms with van der Waals surface area (Å²) in [6.45, 7) is 3.73. The number of nitrogens with zero attached hydrogens (tertiary/aromatic N) is 5. The lowest BCUT2D eigenvalue weighted by Gasteiger charge is -2.14. The van der Waals surface area contributed by atoms with Crippen LogP contribution in [0.5, 0.6) is 0 Å². The SMILES string of the molecule is Cc1cc(C)n(-c2nc(Nc3ccc(Cl)c(C(F)(F)F)c3)c3c(ccn3C)n2)n1. The van der Waals surface area contributed by atoms with Crippen LogP contribution < -0.4 is 5.32 Å². The normalized spacial score (nSPS) is 12.0. The Morgan fingerprint density at radius 3 is 2.48 bits per heavy atom. The molecule has 4 rings (SSSR count). The Bertz CT molecular complexity index is 1220. The van der Waals surface area contributed by atoms with Crippen molar-refractivity contribution in [3.63, 3.8) is 0 Å². The van der Waals surface area contributed by atoms with E-state index in [1.807, 2.05) is 27.0 Å². The van der Waals surface area contributed by atoms with Crippen LogP contribution in [-0.2, 0) is 13.2 Å². The lowest BCUT2D eigenvalue weighted by Crippen LogP contribution is -2.09. The second-order valence-electron chi connectivity index (χ2n) is 6.69. The van der Waals surface area contributed by atoms with Gasteiger partial charge in [-0.3, -0.25) is 0 Å². The molecule has 1 aromatic carbocycles. The van der Waals surface area contributed by atoms with Crippen LogP contribution in [0.15, 0.2) is 36.5 Å². The first-order valence-electron chi connectivity index (χ1n) is 8.64. The van der Waals surface area contributed by atoms with Gasteiger partial charge in [-0.2, -0.15) is 23.3 Å². The van der Waals surface area contributed by atoms with Crippen LogP contribution in [0.4, 0.5) is 24.7 Å². The van der Waals surface area contributed by atoms with Gasteiger partial charge in [0.25, 0.3) is 5.95 Å². The molecule has 0 saturated heterocycles. The van der Waals surface area contributed by atoms with Gasteiger partial charge >= 0.3 is 6.18 Å². The first kappa shape index (κ1) is 19.3. The third-order valence-corrected chi connectivity index (χ3v) is 4.77. The molecule has 0 aliphatic heterocycles. The number of hydrogen-bond donors (Lipinski definition) is 1. The maximum absolute atomic E-state index is 13.2. The minimum absolute atomic E-state index is 0.210. The fraction of sp³-hybridized carbons (Fsp3) is 0.211. The molecule has 0 aliphatic carbocycles. The van der Waals surface area contributed by atoms with Crippen LogP contribution in [0.1, 0.15) is 17.0 Å². The third-order valence-electron chi connectivity index (χ3n) is 4.44.